The minimum Gasteiger partial charge on any atom is -0.375 e. The van der Waals surface area contributed by atoms with Gasteiger partial charge in [0, 0.05) is 19.0 Å². The molecule has 0 atom stereocenters. The molecule has 0 saturated heterocycles. The van der Waals surface area contributed by atoms with Gasteiger partial charge in [0.2, 0.25) is 0 Å². The first-order valence-corrected chi connectivity index (χ1v) is 7.57. The summed E-state index contributed by atoms with van der Waals surface area (Å²) in [5.41, 5.74) is 0. The molecule has 3 aromatic rings. The van der Waals surface area contributed by atoms with Crippen molar-refractivity contribution in [1.82, 2.24) is 14.9 Å². The van der Waals surface area contributed by atoms with Crippen molar-refractivity contribution in [3.8, 4) is 6.01 Å². The summed E-state index contributed by atoms with van der Waals surface area (Å²) in [6.07, 6.45) is 1.16. The van der Waals surface area contributed by atoms with Crippen LogP contribution in [-0.2, 0) is 7.05 Å². The van der Waals surface area contributed by atoms with Crippen molar-refractivity contribution in [3.63, 3.8) is 0 Å². The topological polar surface area (TPSA) is 56.1 Å². The molecule has 3 rings (SSSR count). The summed E-state index contributed by atoms with van der Waals surface area (Å²) in [5.74, 6) is 0. The number of nitrogens with zero attached hydrogens (tertiary/aromatic N) is 2. The Bertz CT molecular complexity index is 829. The van der Waals surface area contributed by atoms with Crippen LogP contribution in [0.5, 0.6) is 6.01 Å². The molecule has 5 nitrogen and oxygen atoms in total. The fraction of sp³-hybridized carbons (Fsp3) is 0.125. The standard InChI is InChI=1S/C16H15N3O2S/c1-17-16(20)21-15-18-10-14(19(15)2)22-13-8-7-11-5-3-4-6-12(11)9-13/h3-10H,1-2H3,(H,17,20). The molecule has 0 bridgehead atoms. The van der Waals surface area contributed by atoms with Gasteiger partial charge in [0.15, 0.2) is 0 Å². The van der Waals surface area contributed by atoms with E-state index < -0.39 is 6.09 Å². The molecule has 1 aromatic heterocycles. The van der Waals surface area contributed by atoms with Crippen LogP contribution in [0.3, 0.4) is 0 Å². The first kappa shape index (κ1) is 14.5. The number of carbonyl (C=O) groups is 1. The zero-order chi connectivity index (χ0) is 15.5. The second-order valence-corrected chi connectivity index (χ2v) is 5.78. The van der Waals surface area contributed by atoms with E-state index in [4.69, 9.17) is 4.74 Å². The Labute approximate surface area is 132 Å². The molecular weight excluding hydrogens is 298 g/mol. The molecule has 112 valence electrons. The fourth-order valence-electron chi connectivity index (χ4n) is 2.05. The molecule has 0 aliphatic carbocycles. The number of hydrogen-bond acceptors (Lipinski definition) is 4. The number of amides is 1. The highest BCUT2D eigenvalue weighted by molar-refractivity contribution is 7.99. The molecule has 0 radical (unpaired) electrons. The molecule has 0 unspecified atom stereocenters. The summed E-state index contributed by atoms with van der Waals surface area (Å²) in [6.45, 7) is 0. The molecule has 1 N–H and O–H groups in total. The highest BCUT2D eigenvalue weighted by Crippen LogP contribution is 2.31. The number of fused-ring (bicyclic) bond motifs is 1. The maximum Gasteiger partial charge on any atom is 0.414 e. The minimum absolute atomic E-state index is 0.266. The highest BCUT2D eigenvalue weighted by Gasteiger charge is 2.12. The van der Waals surface area contributed by atoms with E-state index >= 15 is 0 Å². The Morgan fingerprint density at radius 1 is 1.23 bits per heavy atom. The second kappa shape index (κ2) is 6.11. The third-order valence-electron chi connectivity index (χ3n) is 3.23. The van der Waals surface area contributed by atoms with Crippen molar-refractivity contribution < 1.29 is 9.53 Å². The van der Waals surface area contributed by atoms with Crippen molar-refractivity contribution in [2.75, 3.05) is 7.05 Å². The first-order chi connectivity index (χ1) is 10.7. The lowest BCUT2D eigenvalue weighted by Gasteiger charge is -2.06. The van der Waals surface area contributed by atoms with Crippen LogP contribution in [0.1, 0.15) is 0 Å². The summed E-state index contributed by atoms with van der Waals surface area (Å²) in [6, 6.07) is 14.8. The van der Waals surface area contributed by atoms with Gasteiger partial charge in [-0.05, 0) is 22.9 Å². The summed E-state index contributed by atoms with van der Waals surface area (Å²) >= 11 is 1.57. The lowest BCUT2D eigenvalue weighted by molar-refractivity contribution is 0.197. The third-order valence-corrected chi connectivity index (χ3v) is 4.31. The molecule has 0 spiro atoms. The lowest BCUT2D eigenvalue weighted by atomic mass is 10.1. The SMILES string of the molecule is CNC(=O)Oc1ncc(Sc2ccc3ccccc3c2)n1C. The number of ether oxygens (including phenoxy) is 1. The van der Waals surface area contributed by atoms with Crippen LogP contribution in [0.4, 0.5) is 4.79 Å². The van der Waals surface area contributed by atoms with Crippen molar-refractivity contribution in [2.24, 2.45) is 7.05 Å². The number of carbonyl (C=O) groups excluding carboxylic acids is 1. The maximum atomic E-state index is 11.3. The van der Waals surface area contributed by atoms with Crippen molar-refractivity contribution in [2.45, 2.75) is 9.92 Å². The number of hydrogen-bond donors (Lipinski definition) is 1. The van der Waals surface area contributed by atoms with Crippen molar-refractivity contribution >= 4 is 28.6 Å². The largest absolute Gasteiger partial charge is 0.414 e. The van der Waals surface area contributed by atoms with E-state index in [9.17, 15) is 4.79 Å². The van der Waals surface area contributed by atoms with E-state index in [0.717, 1.165) is 9.92 Å². The van der Waals surface area contributed by atoms with Crippen molar-refractivity contribution in [1.29, 1.82) is 0 Å². The van der Waals surface area contributed by atoms with Gasteiger partial charge in [0.1, 0.15) is 5.03 Å². The summed E-state index contributed by atoms with van der Waals surface area (Å²) in [5, 5.41) is 5.70. The fourth-order valence-corrected chi connectivity index (χ4v) is 2.94. The second-order valence-electron chi connectivity index (χ2n) is 4.69. The smallest absolute Gasteiger partial charge is 0.375 e. The molecule has 0 aliphatic heterocycles. The van der Waals surface area contributed by atoms with Gasteiger partial charge in [-0.15, -0.1) is 0 Å². The quantitative estimate of drug-likeness (QED) is 0.805. The predicted octanol–water partition coefficient (Wildman–Crippen LogP) is 3.44. The summed E-state index contributed by atoms with van der Waals surface area (Å²) < 4.78 is 6.82. The summed E-state index contributed by atoms with van der Waals surface area (Å²) in [7, 11) is 3.32. The predicted molar refractivity (Wildman–Crippen MR) is 86.4 cm³/mol. The number of benzene rings is 2. The van der Waals surface area contributed by atoms with Gasteiger partial charge >= 0.3 is 12.1 Å². The van der Waals surface area contributed by atoms with Gasteiger partial charge < -0.3 is 10.1 Å². The van der Waals surface area contributed by atoms with Gasteiger partial charge in [-0.2, -0.15) is 0 Å². The Hall–Kier alpha value is -2.47. The average Bonchev–Trinajstić information content (AvgIpc) is 2.88. The zero-order valence-electron chi connectivity index (χ0n) is 12.2. The van der Waals surface area contributed by atoms with Gasteiger partial charge in [-0.3, -0.25) is 4.57 Å². The minimum atomic E-state index is -0.532. The molecular formula is C16H15N3O2S. The van der Waals surface area contributed by atoms with Crippen LogP contribution in [0.2, 0.25) is 0 Å². The van der Waals surface area contributed by atoms with Crippen LogP contribution >= 0.6 is 11.8 Å². The molecule has 22 heavy (non-hydrogen) atoms. The highest BCUT2D eigenvalue weighted by atomic mass is 32.2. The van der Waals surface area contributed by atoms with E-state index in [1.54, 1.807) is 22.5 Å². The van der Waals surface area contributed by atoms with E-state index in [1.165, 1.54) is 17.8 Å². The number of rotatable bonds is 3. The van der Waals surface area contributed by atoms with Crippen molar-refractivity contribution in [3.05, 3.63) is 48.7 Å². The van der Waals surface area contributed by atoms with E-state index in [1.807, 2.05) is 19.2 Å². The molecule has 0 aliphatic rings. The van der Waals surface area contributed by atoms with Gasteiger partial charge in [-0.1, -0.05) is 42.1 Å². The number of aromatic nitrogens is 2. The molecule has 0 saturated carbocycles. The zero-order valence-corrected chi connectivity index (χ0v) is 13.1. The molecule has 6 heteroatoms. The van der Waals surface area contributed by atoms with Gasteiger partial charge in [0.05, 0.1) is 6.20 Å². The first-order valence-electron chi connectivity index (χ1n) is 6.75. The van der Waals surface area contributed by atoms with E-state index in [-0.39, 0.29) is 6.01 Å². The number of imidazole rings is 1. The Kier molecular flexibility index (Phi) is 4.02. The third kappa shape index (κ3) is 2.92. The normalized spacial score (nSPS) is 10.6. The number of nitrogens with one attached hydrogen (secondary N) is 1. The average molecular weight is 313 g/mol. The van der Waals surface area contributed by atoms with Crippen LogP contribution in [0, 0.1) is 0 Å². The van der Waals surface area contributed by atoms with Gasteiger partial charge in [-0.25, -0.2) is 9.78 Å². The molecule has 1 heterocycles. The Morgan fingerprint density at radius 3 is 2.77 bits per heavy atom. The monoisotopic (exact) mass is 313 g/mol. The lowest BCUT2D eigenvalue weighted by Crippen LogP contribution is -2.23. The van der Waals surface area contributed by atoms with Crippen LogP contribution < -0.4 is 10.1 Å². The van der Waals surface area contributed by atoms with Gasteiger partial charge in [0.25, 0.3) is 0 Å². The molecule has 0 fully saturated rings. The van der Waals surface area contributed by atoms with Crippen LogP contribution in [-0.4, -0.2) is 22.7 Å². The Morgan fingerprint density at radius 2 is 2.00 bits per heavy atom. The van der Waals surface area contributed by atoms with Crippen LogP contribution in [0.25, 0.3) is 10.8 Å². The summed E-state index contributed by atoms with van der Waals surface area (Å²) in [4.78, 5) is 16.5. The maximum absolute atomic E-state index is 11.3. The molecule has 1 amide bonds. The Balaban J connectivity index is 1.84. The van der Waals surface area contributed by atoms with Crippen LogP contribution in [0.15, 0.2) is 58.6 Å². The molecule has 2 aromatic carbocycles. The van der Waals surface area contributed by atoms with E-state index in [2.05, 4.69) is 40.6 Å². The van der Waals surface area contributed by atoms with E-state index in [0.29, 0.717) is 0 Å².